The van der Waals surface area contributed by atoms with Crippen LogP contribution in [0.15, 0.2) is 54.0 Å². The summed E-state index contributed by atoms with van der Waals surface area (Å²) in [5.74, 6) is 1.91. The molecular formula is C25H32N4O2S. The van der Waals surface area contributed by atoms with Crippen LogP contribution < -0.4 is 14.4 Å². The molecular weight excluding hydrogens is 420 g/mol. The first kappa shape index (κ1) is 22.6. The third-order valence-corrected chi connectivity index (χ3v) is 6.65. The lowest BCUT2D eigenvalue weighted by Crippen LogP contribution is -2.46. The number of nitrogens with zero attached hydrogens (tertiary/aromatic N) is 4. The third kappa shape index (κ3) is 6.43. The van der Waals surface area contributed by atoms with E-state index in [1.807, 2.05) is 12.1 Å². The first-order valence-corrected chi connectivity index (χ1v) is 12.3. The molecule has 0 atom stereocenters. The van der Waals surface area contributed by atoms with Crippen molar-refractivity contribution in [2.24, 2.45) is 0 Å². The minimum atomic E-state index is 0.769. The van der Waals surface area contributed by atoms with Gasteiger partial charge in [-0.1, -0.05) is 24.3 Å². The zero-order chi connectivity index (χ0) is 22.0. The van der Waals surface area contributed by atoms with Gasteiger partial charge in [-0.3, -0.25) is 4.90 Å². The van der Waals surface area contributed by atoms with Gasteiger partial charge in [0, 0.05) is 32.6 Å². The van der Waals surface area contributed by atoms with Crippen LogP contribution in [0, 0.1) is 0 Å². The van der Waals surface area contributed by atoms with Gasteiger partial charge in [0.25, 0.3) is 0 Å². The molecule has 0 spiro atoms. The molecule has 1 aromatic heterocycles. The summed E-state index contributed by atoms with van der Waals surface area (Å²) in [4.78, 5) is 4.98. The Kier molecular flexibility index (Phi) is 8.34. The zero-order valence-corrected chi connectivity index (χ0v) is 19.6. The van der Waals surface area contributed by atoms with Gasteiger partial charge in [0.15, 0.2) is 0 Å². The quantitative estimate of drug-likeness (QED) is 0.404. The maximum atomic E-state index is 5.94. The van der Waals surface area contributed by atoms with Gasteiger partial charge in [-0.2, -0.15) is 0 Å². The smallest absolute Gasteiger partial charge is 0.142 e. The molecule has 6 nitrogen and oxygen atoms in total. The molecule has 170 valence electrons. The highest BCUT2D eigenvalue weighted by molar-refractivity contribution is 7.09. The fourth-order valence-corrected chi connectivity index (χ4v) is 4.57. The van der Waals surface area contributed by atoms with Crippen LogP contribution in [0.3, 0.4) is 0 Å². The second kappa shape index (κ2) is 11.8. The van der Waals surface area contributed by atoms with Gasteiger partial charge < -0.3 is 14.4 Å². The molecule has 0 aliphatic carbocycles. The first-order valence-electron chi connectivity index (χ1n) is 11.4. The Morgan fingerprint density at radius 3 is 2.50 bits per heavy atom. The molecule has 1 aliphatic heterocycles. The van der Waals surface area contributed by atoms with Crippen molar-refractivity contribution in [2.75, 3.05) is 51.3 Å². The van der Waals surface area contributed by atoms with Gasteiger partial charge in [-0.25, -0.2) is 0 Å². The highest BCUT2D eigenvalue weighted by Crippen LogP contribution is 2.28. The van der Waals surface area contributed by atoms with Crippen LogP contribution >= 0.6 is 11.3 Å². The molecule has 0 unspecified atom stereocenters. The van der Waals surface area contributed by atoms with Crippen molar-refractivity contribution in [3.05, 3.63) is 64.6 Å². The van der Waals surface area contributed by atoms with Gasteiger partial charge in [-0.15, -0.1) is 21.5 Å². The lowest BCUT2D eigenvalue weighted by Gasteiger charge is -2.36. The van der Waals surface area contributed by atoms with Gasteiger partial charge >= 0.3 is 0 Å². The number of rotatable bonds is 11. The van der Waals surface area contributed by atoms with Crippen LogP contribution in [-0.2, 0) is 12.8 Å². The Morgan fingerprint density at radius 1 is 0.938 bits per heavy atom. The predicted molar refractivity (Wildman–Crippen MR) is 130 cm³/mol. The van der Waals surface area contributed by atoms with E-state index in [4.69, 9.17) is 9.47 Å². The summed E-state index contributed by atoms with van der Waals surface area (Å²) in [7, 11) is 1.74. The summed E-state index contributed by atoms with van der Waals surface area (Å²) in [6.45, 7) is 6.18. The van der Waals surface area contributed by atoms with Crippen LogP contribution in [0.2, 0.25) is 0 Å². The lowest BCUT2D eigenvalue weighted by molar-refractivity contribution is 0.238. The number of anilines is 1. The summed E-state index contributed by atoms with van der Waals surface area (Å²) in [5.41, 5.74) is 4.29. The van der Waals surface area contributed by atoms with Gasteiger partial charge in [0.1, 0.15) is 22.0 Å². The summed E-state index contributed by atoms with van der Waals surface area (Å²) in [6.07, 6.45) is 4.16. The summed E-state index contributed by atoms with van der Waals surface area (Å²) >= 11 is 1.61. The number of ether oxygens (including phenoxy) is 2. The van der Waals surface area contributed by atoms with Crippen molar-refractivity contribution in [3.8, 4) is 11.5 Å². The number of hydrogen-bond donors (Lipinski definition) is 0. The lowest BCUT2D eigenvalue weighted by atomic mass is 10.1. The van der Waals surface area contributed by atoms with Gasteiger partial charge in [0.2, 0.25) is 0 Å². The standard InChI is InChI=1S/C25H32N4O2S/c1-30-24-7-3-2-6-23(24)29-17-15-28(16-18-29)14-4-5-19-31-22-11-8-21(9-12-22)10-13-25-27-26-20-32-25/h2-3,6-9,11-12,20H,4-5,10,13-19H2,1H3. The number of aromatic nitrogens is 2. The second-order valence-corrected chi connectivity index (χ2v) is 8.95. The van der Waals surface area contributed by atoms with Crippen LogP contribution in [0.1, 0.15) is 23.4 Å². The van der Waals surface area contributed by atoms with E-state index in [0.29, 0.717) is 0 Å². The number of unbranched alkanes of at least 4 members (excludes halogenated alkanes) is 1. The van der Waals surface area contributed by atoms with E-state index in [-0.39, 0.29) is 0 Å². The molecule has 0 N–H and O–H groups in total. The maximum absolute atomic E-state index is 5.94. The van der Waals surface area contributed by atoms with Crippen molar-refractivity contribution in [1.29, 1.82) is 0 Å². The summed E-state index contributed by atoms with van der Waals surface area (Å²) in [6, 6.07) is 16.7. The molecule has 32 heavy (non-hydrogen) atoms. The van der Waals surface area contributed by atoms with Crippen LogP contribution in [-0.4, -0.2) is 61.5 Å². The molecule has 1 saturated heterocycles. The molecule has 2 aromatic carbocycles. The number of hydrogen-bond acceptors (Lipinski definition) is 7. The Morgan fingerprint density at radius 2 is 1.75 bits per heavy atom. The SMILES string of the molecule is COc1ccccc1N1CCN(CCCCOc2ccc(CCc3nncs3)cc2)CC1. The highest BCUT2D eigenvalue weighted by atomic mass is 32.1. The second-order valence-electron chi connectivity index (χ2n) is 8.03. The third-order valence-electron chi connectivity index (χ3n) is 5.89. The van der Waals surface area contributed by atoms with Crippen molar-refractivity contribution in [3.63, 3.8) is 0 Å². The van der Waals surface area contributed by atoms with E-state index in [0.717, 1.165) is 81.5 Å². The van der Waals surface area contributed by atoms with Crippen molar-refractivity contribution in [1.82, 2.24) is 15.1 Å². The Bertz CT molecular complexity index is 925. The average molecular weight is 453 g/mol. The predicted octanol–water partition coefficient (Wildman–Crippen LogP) is 4.31. The zero-order valence-electron chi connectivity index (χ0n) is 18.8. The number of para-hydroxylation sites is 2. The van der Waals surface area contributed by atoms with E-state index in [1.165, 1.54) is 11.3 Å². The molecule has 0 saturated carbocycles. The van der Waals surface area contributed by atoms with Crippen molar-refractivity contribution in [2.45, 2.75) is 25.7 Å². The number of benzene rings is 2. The fraction of sp³-hybridized carbons (Fsp3) is 0.440. The largest absolute Gasteiger partial charge is 0.495 e. The molecule has 3 aromatic rings. The van der Waals surface area contributed by atoms with E-state index in [1.54, 1.807) is 24.0 Å². The Hall–Kier alpha value is -2.64. The monoisotopic (exact) mass is 452 g/mol. The molecule has 1 aliphatic rings. The Balaban J connectivity index is 1.09. The van der Waals surface area contributed by atoms with Crippen LogP contribution in [0.25, 0.3) is 0 Å². The summed E-state index contributed by atoms with van der Waals surface area (Å²) in [5, 5.41) is 9.08. The number of piperazine rings is 1. The molecule has 1 fully saturated rings. The maximum Gasteiger partial charge on any atom is 0.142 e. The minimum absolute atomic E-state index is 0.769. The van der Waals surface area contributed by atoms with Gasteiger partial charge in [0.05, 0.1) is 19.4 Å². The molecule has 0 amide bonds. The topological polar surface area (TPSA) is 50.7 Å². The normalized spacial score (nSPS) is 14.5. The van der Waals surface area contributed by atoms with Gasteiger partial charge in [-0.05, 0) is 55.6 Å². The van der Waals surface area contributed by atoms with Crippen LogP contribution in [0.5, 0.6) is 11.5 Å². The van der Waals surface area contributed by atoms with E-state index in [2.05, 4.69) is 56.4 Å². The van der Waals surface area contributed by atoms with Crippen LogP contribution in [0.4, 0.5) is 5.69 Å². The number of methoxy groups -OCH3 is 1. The summed E-state index contributed by atoms with van der Waals surface area (Å²) < 4.78 is 11.5. The first-order chi connectivity index (χ1) is 15.8. The number of aryl methyl sites for hydroxylation is 2. The fourth-order valence-electron chi connectivity index (χ4n) is 4.04. The molecule has 2 heterocycles. The highest BCUT2D eigenvalue weighted by Gasteiger charge is 2.19. The average Bonchev–Trinajstić information content (AvgIpc) is 3.37. The van der Waals surface area contributed by atoms with Crippen molar-refractivity contribution < 1.29 is 9.47 Å². The molecule has 4 rings (SSSR count). The van der Waals surface area contributed by atoms with E-state index < -0.39 is 0 Å². The molecule has 7 heteroatoms. The molecule has 0 radical (unpaired) electrons. The minimum Gasteiger partial charge on any atom is -0.495 e. The van der Waals surface area contributed by atoms with E-state index in [9.17, 15) is 0 Å². The molecule has 0 bridgehead atoms. The Labute approximate surface area is 194 Å². The van der Waals surface area contributed by atoms with E-state index >= 15 is 0 Å². The van der Waals surface area contributed by atoms with Crippen molar-refractivity contribution >= 4 is 17.0 Å².